The molecule has 1 unspecified atom stereocenters. The van der Waals surface area contributed by atoms with Crippen LogP contribution in [0.1, 0.15) is 52.4 Å². The molecule has 0 saturated heterocycles. The lowest BCUT2D eigenvalue weighted by Crippen LogP contribution is -2.53. The van der Waals surface area contributed by atoms with Crippen molar-refractivity contribution in [2.75, 3.05) is 0 Å². The van der Waals surface area contributed by atoms with Crippen molar-refractivity contribution >= 4 is 5.97 Å². The molecule has 106 valence electrons. The predicted molar refractivity (Wildman–Crippen MR) is 72.4 cm³/mol. The summed E-state index contributed by atoms with van der Waals surface area (Å²) in [6, 6.07) is 0. The minimum absolute atomic E-state index is 0.0104. The molecule has 3 heteroatoms. The summed E-state index contributed by atoms with van der Waals surface area (Å²) in [5, 5.41) is 0. The SMILES string of the molecule is C=C(C)C(=O)OC(C)OC12CC3CC(CC(C3)C1)C2. The zero-order valence-corrected chi connectivity index (χ0v) is 12.0. The van der Waals surface area contributed by atoms with E-state index in [1.54, 1.807) is 6.92 Å². The molecule has 1 atom stereocenters. The van der Waals surface area contributed by atoms with Crippen LogP contribution in [0, 0.1) is 17.8 Å². The Bertz CT molecular complexity index is 364. The largest absolute Gasteiger partial charge is 0.433 e. The van der Waals surface area contributed by atoms with Crippen LogP contribution in [-0.4, -0.2) is 17.9 Å². The van der Waals surface area contributed by atoms with Gasteiger partial charge in [0.15, 0.2) is 0 Å². The van der Waals surface area contributed by atoms with Gasteiger partial charge >= 0.3 is 5.97 Å². The van der Waals surface area contributed by atoms with Crippen LogP contribution in [0.25, 0.3) is 0 Å². The molecule has 19 heavy (non-hydrogen) atoms. The average Bonchev–Trinajstić information content (AvgIpc) is 2.25. The van der Waals surface area contributed by atoms with Gasteiger partial charge in [0, 0.05) is 5.57 Å². The highest BCUT2D eigenvalue weighted by atomic mass is 16.7. The topological polar surface area (TPSA) is 35.5 Å². The van der Waals surface area contributed by atoms with Crippen LogP contribution in [0.4, 0.5) is 0 Å². The lowest BCUT2D eigenvalue weighted by atomic mass is 9.54. The summed E-state index contributed by atoms with van der Waals surface area (Å²) in [6.07, 6.45) is 7.20. The second-order valence-corrected chi connectivity index (χ2v) is 6.97. The number of esters is 1. The van der Waals surface area contributed by atoms with Gasteiger partial charge in [-0.1, -0.05) is 6.58 Å². The molecule has 0 aromatic heterocycles. The summed E-state index contributed by atoms with van der Waals surface area (Å²) in [4.78, 5) is 11.5. The second-order valence-electron chi connectivity index (χ2n) is 6.97. The number of hydrogen-bond acceptors (Lipinski definition) is 3. The Hall–Kier alpha value is -0.830. The maximum atomic E-state index is 11.5. The van der Waals surface area contributed by atoms with E-state index >= 15 is 0 Å². The average molecular weight is 264 g/mol. The van der Waals surface area contributed by atoms with Gasteiger partial charge in [-0.2, -0.15) is 0 Å². The minimum Gasteiger partial charge on any atom is -0.433 e. The molecular formula is C16H24O3. The third-order valence-corrected chi connectivity index (χ3v) is 5.02. The van der Waals surface area contributed by atoms with E-state index in [1.807, 2.05) is 6.92 Å². The van der Waals surface area contributed by atoms with Gasteiger partial charge in [0.2, 0.25) is 6.29 Å². The monoisotopic (exact) mass is 264 g/mol. The molecule has 0 aromatic carbocycles. The van der Waals surface area contributed by atoms with Crippen LogP contribution >= 0.6 is 0 Å². The fraction of sp³-hybridized carbons (Fsp3) is 0.812. The highest BCUT2D eigenvalue weighted by Crippen LogP contribution is 2.57. The zero-order valence-electron chi connectivity index (χ0n) is 12.0. The van der Waals surface area contributed by atoms with Gasteiger partial charge in [0.05, 0.1) is 5.60 Å². The number of ether oxygens (including phenoxy) is 2. The van der Waals surface area contributed by atoms with Crippen molar-refractivity contribution < 1.29 is 14.3 Å². The highest BCUT2D eigenvalue weighted by molar-refractivity contribution is 5.86. The smallest absolute Gasteiger partial charge is 0.335 e. The van der Waals surface area contributed by atoms with Gasteiger partial charge in [-0.25, -0.2) is 4.79 Å². The third kappa shape index (κ3) is 2.58. The Morgan fingerprint density at radius 3 is 2.05 bits per heavy atom. The van der Waals surface area contributed by atoms with E-state index in [1.165, 1.54) is 19.3 Å². The molecule has 0 radical (unpaired) electrons. The lowest BCUT2D eigenvalue weighted by molar-refractivity contribution is -0.243. The van der Waals surface area contributed by atoms with E-state index in [0.29, 0.717) is 5.57 Å². The fourth-order valence-corrected chi connectivity index (χ4v) is 4.80. The number of carbonyl (C=O) groups is 1. The molecule has 0 N–H and O–H groups in total. The molecule has 4 aliphatic carbocycles. The first-order valence-electron chi connectivity index (χ1n) is 7.50. The Morgan fingerprint density at radius 1 is 1.16 bits per heavy atom. The van der Waals surface area contributed by atoms with Gasteiger partial charge in [0.25, 0.3) is 0 Å². The van der Waals surface area contributed by atoms with Crippen molar-refractivity contribution in [2.45, 2.75) is 64.3 Å². The lowest BCUT2D eigenvalue weighted by Gasteiger charge is -2.56. The van der Waals surface area contributed by atoms with E-state index in [2.05, 4.69) is 6.58 Å². The van der Waals surface area contributed by atoms with E-state index in [4.69, 9.17) is 9.47 Å². The Kier molecular flexibility index (Phi) is 3.20. The molecule has 4 saturated carbocycles. The third-order valence-electron chi connectivity index (χ3n) is 5.02. The fourth-order valence-electron chi connectivity index (χ4n) is 4.80. The number of hydrogen-bond donors (Lipinski definition) is 0. The molecule has 0 aromatic rings. The van der Waals surface area contributed by atoms with Crippen molar-refractivity contribution in [1.82, 2.24) is 0 Å². The van der Waals surface area contributed by atoms with Gasteiger partial charge < -0.3 is 9.47 Å². The number of rotatable bonds is 4. The molecule has 0 spiro atoms. The van der Waals surface area contributed by atoms with Crippen molar-refractivity contribution in [2.24, 2.45) is 17.8 Å². The molecular weight excluding hydrogens is 240 g/mol. The summed E-state index contributed by atoms with van der Waals surface area (Å²) in [5.74, 6) is 2.18. The molecule has 0 aliphatic heterocycles. The second kappa shape index (κ2) is 4.62. The minimum atomic E-state index is -0.458. The first kappa shape index (κ1) is 13.2. The maximum Gasteiger partial charge on any atom is 0.335 e. The van der Waals surface area contributed by atoms with Gasteiger partial charge in [-0.05, 0) is 70.1 Å². The van der Waals surface area contributed by atoms with Crippen molar-refractivity contribution in [3.05, 3.63) is 12.2 Å². The summed E-state index contributed by atoms with van der Waals surface area (Å²) in [5.41, 5.74) is 0.421. The Morgan fingerprint density at radius 2 is 1.63 bits per heavy atom. The van der Waals surface area contributed by atoms with E-state index in [0.717, 1.165) is 37.0 Å². The summed E-state index contributed by atoms with van der Waals surface area (Å²) >= 11 is 0. The van der Waals surface area contributed by atoms with E-state index < -0.39 is 6.29 Å². The molecule has 4 fully saturated rings. The van der Waals surface area contributed by atoms with Crippen LogP contribution in [-0.2, 0) is 14.3 Å². The molecule has 0 amide bonds. The molecule has 0 heterocycles. The maximum absolute atomic E-state index is 11.5. The van der Waals surface area contributed by atoms with Gasteiger partial charge in [-0.3, -0.25) is 0 Å². The van der Waals surface area contributed by atoms with Crippen molar-refractivity contribution in [3.63, 3.8) is 0 Å². The van der Waals surface area contributed by atoms with Crippen LogP contribution in [0.2, 0.25) is 0 Å². The number of carbonyl (C=O) groups excluding carboxylic acids is 1. The van der Waals surface area contributed by atoms with Crippen LogP contribution < -0.4 is 0 Å². The quantitative estimate of drug-likeness (QED) is 0.443. The van der Waals surface area contributed by atoms with Gasteiger partial charge in [-0.15, -0.1) is 0 Å². The molecule has 4 rings (SSSR count). The zero-order chi connectivity index (χ0) is 13.6. The van der Waals surface area contributed by atoms with Crippen LogP contribution in [0.3, 0.4) is 0 Å². The predicted octanol–water partition coefficient (Wildman–Crippen LogP) is 3.44. The Labute approximate surface area is 115 Å². The Balaban J connectivity index is 1.63. The van der Waals surface area contributed by atoms with Crippen LogP contribution in [0.5, 0.6) is 0 Å². The van der Waals surface area contributed by atoms with Crippen molar-refractivity contribution in [3.8, 4) is 0 Å². The normalized spacial score (nSPS) is 41.1. The highest BCUT2D eigenvalue weighted by Gasteiger charge is 2.52. The molecule has 4 bridgehead atoms. The first-order chi connectivity index (χ1) is 8.96. The van der Waals surface area contributed by atoms with E-state index in [-0.39, 0.29) is 11.6 Å². The van der Waals surface area contributed by atoms with E-state index in [9.17, 15) is 4.79 Å². The van der Waals surface area contributed by atoms with Gasteiger partial charge in [0.1, 0.15) is 0 Å². The standard InChI is InChI=1S/C16H24O3/c1-10(2)15(17)18-11(3)19-16-7-12-4-13(8-16)6-14(5-12)9-16/h11-14H,1,4-9H2,2-3H3. The van der Waals surface area contributed by atoms with Crippen LogP contribution in [0.15, 0.2) is 12.2 Å². The summed E-state index contributed by atoms with van der Waals surface area (Å²) < 4.78 is 11.5. The van der Waals surface area contributed by atoms with Crippen molar-refractivity contribution in [1.29, 1.82) is 0 Å². The molecule has 3 nitrogen and oxygen atoms in total. The summed E-state index contributed by atoms with van der Waals surface area (Å²) in [7, 11) is 0. The molecule has 4 aliphatic rings. The first-order valence-corrected chi connectivity index (χ1v) is 7.50. The summed E-state index contributed by atoms with van der Waals surface area (Å²) in [6.45, 7) is 7.10.